The molecule has 1 atom stereocenters. The van der Waals surface area contributed by atoms with Crippen molar-refractivity contribution >= 4 is 11.6 Å². The van der Waals surface area contributed by atoms with Gasteiger partial charge >= 0.3 is 12.4 Å². The first kappa shape index (κ1) is 26.0. The van der Waals surface area contributed by atoms with Crippen LogP contribution in [0.15, 0.2) is 36.4 Å². The highest BCUT2D eigenvalue weighted by molar-refractivity contribution is 6.00. The number of hydrogen-bond donors (Lipinski definition) is 1. The number of benzene rings is 2. The first-order chi connectivity index (χ1) is 16.9. The summed E-state index contributed by atoms with van der Waals surface area (Å²) in [6.45, 7) is 1.49. The highest BCUT2D eigenvalue weighted by Crippen LogP contribution is 2.42. The van der Waals surface area contributed by atoms with E-state index in [9.17, 15) is 35.5 Å². The molecule has 1 fully saturated rings. The Morgan fingerprint density at radius 1 is 0.944 bits per heavy atom. The summed E-state index contributed by atoms with van der Waals surface area (Å²) in [7, 11) is 0. The SMILES string of the molecule is O=C1C(c2ccc(C(F)(F)F)cc2C(F)(F)F)CCc2cc(F)ccc2N1CC#CC1CCNCC1. The molecule has 10 heteroatoms. The fraction of sp³-hybridized carbons (Fsp3) is 0.423. The molecule has 1 amide bonds. The zero-order chi connectivity index (χ0) is 26.1. The number of alkyl halides is 6. The first-order valence-electron chi connectivity index (χ1n) is 11.5. The van der Waals surface area contributed by atoms with E-state index in [1.54, 1.807) is 0 Å². The number of fused-ring (bicyclic) bond motifs is 1. The number of piperidine rings is 1. The zero-order valence-corrected chi connectivity index (χ0v) is 19.1. The Morgan fingerprint density at radius 2 is 1.67 bits per heavy atom. The van der Waals surface area contributed by atoms with Gasteiger partial charge in [0.1, 0.15) is 5.82 Å². The van der Waals surface area contributed by atoms with Gasteiger partial charge in [-0.05, 0) is 80.2 Å². The van der Waals surface area contributed by atoms with E-state index in [1.807, 2.05) is 0 Å². The van der Waals surface area contributed by atoms with Gasteiger partial charge in [-0.15, -0.1) is 0 Å². The smallest absolute Gasteiger partial charge is 0.317 e. The number of anilines is 1. The number of carbonyl (C=O) groups excluding carboxylic acids is 1. The van der Waals surface area contributed by atoms with Crippen LogP contribution in [-0.4, -0.2) is 25.5 Å². The monoisotopic (exact) mass is 512 g/mol. The van der Waals surface area contributed by atoms with Gasteiger partial charge < -0.3 is 5.32 Å². The van der Waals surface area contributed by atoms with Crippen LogP contribution in [0.4, 0.5) is 36.4 Å². The Morgan fingerprint density at radius 3 is 2.33 bits per heavy atom. The molecule has 36 heavy (non-hydrogen) atoms. The molecule has 4 rings (SSSR count). The van der Waals surface area contributed by atoms with Gasteiger partial charge in [0.25, 0.3) is 0 Å². The normalized spacial score (nSPS) is 19.4. The second-order valence-electron chi connectivity index (χ2n) is 8.93. The molecule has 2 aromatic rings. The third-order valence-corrected chi connectivity index (χ3v) is 6.54. The lowest BCUT2D eigenvalue weighted by molar-refractivity contribution is -0.143. The molecule has 192 valence electrons. The average molecular weight is 512 g/mol. The summed E-state index contributed by atoms with van der Waals surface area (Å²) < 4.78 is 94.9. The number of rotatable bonds is 2. The maximum absolute atomic E-state index is 14.0. The minimum Gasteiger partial charge on any atom is -0.317 e. The van der Waals surface area contributed by atoms with Crippen LogP contribution in [0.2, 0.25) is 0 Å². The fourth-order valence-corrected chi connectivity index (χ4v) is 4.72. The second kappa shape index (κ2) is 10.1. The zero-order valence-electron chi connectivity index (χ0n) is 19.1. The van der Waals surface area contributed by atoms with E-state index >= 15 is 0 Å². The second-order valence-corrected chi connectivity index (χ2v) is 8.93. The van der Waals surface area contributed by atoms with Crippen molar-refractivity contribution in [3.05, 3.63) is 64.5 Å². The summed E-state index contributed by atoms with van der Waals surface area (Å²) >= 11 is 0. The van der Waals surface area contributed by atoms with E-state index in [0.29, 0.717) is 17.3 Å². The number of nitrogens with one attached hydrogen (secondary N) is 1. The van der Waals surface area contributed by atoms with Crippen molar-refractivity contribution in [3.8, 4) is 11.8 Å². The number of carbonyl (C=O) groups is 1. The van der Waals surface area contributed by atoms with Gasteiger partial charge in [-0.3, -0.25) is 9.69 Å². The van der Waals surface area contributed by atoms with Crippen molar-refractivity contribution in [2.75, 3.05) is 24.5 Å². The quantitative estimate of drug-likeness (QED) is 0.400. The van der Waals surface area contributed by atoms with E-state index in [4.69, 9.17) is 0 Å². The molecule has 2 aliphatic heterocycles. The van der Waals surface area contributed by atoms with Gasteiger partial charge in [0.05, 0.1) is 23.6 Å². The summed E-state index contributed by atoms with van der Waals surface area (Å²) in [5.74, 6) is 3.51. The molecular formula is C26H23F7N2O. The van der Waals surface area contributed by atoms with Crippen molar-refractivity contribution in [1.29, 1.82) is 0 Å². The predicted octanol–water partition coefficient (Wildman–Crippen LogP) is 5.93. The van der Waals surface area contributed by atoms with Gasteiger partial charge in [-0.25, -0.2) is 4.39 Å². The molecule has 1 unspecified atom stereocenters. The lowest BCUT2D eigenvalue weighted by Crippen LogP contribution is -2.35. The molecule has 1 saturated heterocycles. The van der Waals surface area contributed by atoms with Gasteiger partial charge in [0.2, 0.25) is 5.91 Å². The third-order valence-electron chi connectivity index (χ3n) is 6.54. The minimum atomic E-state index is -5.11. The predicted molar refractivity (Wildman–Crippen MR) is 120 cm³/mol. The van der Waals surface area contributed by atoms with Gasteiger partial charge in [0, 0.05) is 11.6 Å². The van der Waals surface area contributed by atoms with Crippen molar-refractivity contribution in [2.24, 2.45) is 5.92 Å². The van der Waals surface area contributed by atoms with Gasteiger partial charge in [-0.1, -0.05) is 17.9 Å². The molecule has 2 aliphatic rings. The summed E-state index contributed by atoms with van der Waals surface area (Å²) in [4.78, 5) is 14.8. The molecule has 0 aromatic heterocycles. The van der Waals surface area contributed by atoms with Crippen LogP contribution >= 0.6 is 0 Å². The number of halogens is 7. The molecule has 0 bridgehead atoms. The Bertz CT molecular complexity index is 1190. The van der Waals surface area contributed by atoms with E-state index in [2.05, 4.69) is 17.2 Å². The molecule has 0 radical (unpaired) electrons. The molecule has 0 spiro atoms. The first-order valence-corrected chi connectivity index (χ1v) is 11.5. The molecule has 0 aliphatic carbocycles. The molecule has 2 heterocycles. The van der Waals surface area contributed by atoms with Crippen molar-refractivity contribution in [2.45, 2.75) is 44.0 Å². The van der Waals surface area contributed by atoms with Gasteiger partial charge in [-0.2, -0.15) is 26.3 Å². The summed E-state index contributed by atoms with van der Waals surface area (Å²) in [5, 5.41) is 3.21. The lowest BCUT2D eigenvalue weighted by atomic mass is 9.88. The minimum absolute atomic E-state index is 0.0432. The topological polar surface area (TPSA) is 32.3 Å². The Balaban J connectivity index is 1.74. The van der Waals surface area contributed by atoms with Crippen LogP contribution in [-0.2, 0) is 23.6 Å². The largest absolute Gasteiger partial charge is 0.416 e. The molecule has 1 N–H and O–H groups in total. The fourth-order valence-electron chi connectivity index (χ4n) is 4.72. The molecule has 0 saturated carbocycles. The maximum atomic E-state index is 14.0. The Labute approximate surface area is 203 Å². The summed E-state index contributed by atoms with van der Waals surface area (Å²) in [5.41, 5.74) is -2.73. The van der Waals surface area contributed by atoms with Crippen LogP contribution < -0.4 is 10.2 Å². The molecular weight excluding hydrogens is 489 g/mol. The standard InChI is InChI=1S/C26H23F7N2O/c27-19-5-8-23-17(14-19)3-6-21(24(36)35(23)13-1-2-16-9-11-34-12-10-16)20-7-4-18(25(28,29)30)15-22(20)26(31,32)33/h4-5,7-8,14-16,21,34H,3,6,9-13H2. The number of aryl methyl sites for hydroxylation is 1. The van der Waals surface area contributed by atoms with Crippen LogP contribution in [0.3, 0.4) is 0 Å². The van der Waals surface area contributed by atoms with Crippen LogP contribution in [0.25, 0.3) is 0 Å². The van der Waals surface area contributed by atoms with E-state index in [1.165, 1.54) is 17.0 Å². The summed E-state index contributed by atoms with van der Waals surface area (Å²) in [6.07, 6.45) is -8.49. The summed E-state index contributed by atoms with van der Waals surface area (Å²) in [6, 6.07) is 5.07. The van der Waals surface area contributed by atoms with Crippen molar-refractivity contribution in [1.82, 2.24) is 5.32 Å². The van der Waals surface area contributed by atoms with Crippen LogP contribution in [0.5, 0.6) is 0 Å². The van der Waals surface area contributed by atoms with E-state index < -0.39 is 46.7 Å². The molecule has 2 aromatic carbocycles. The third kappa shape index (κ3) is 5.67. The number of nitrogens with zero attached hydrogens (tertiary/aromatic N) is 1. The van der Waals surface area contributed by atoms with E-state index in [-0.39, 0.29) is 31.4 Å². The van der Waals surface area contributed by atoms with Crippen molar-refractivity contribution in [3.63, 3.8) is 0 Å². The molecule has 3 nitrogen and oxygen atoms in total. The number of amides is 1. The van der Waals surface area contributed by atoms with Crippen LogP contribution in [0.1, 0.15) is 47.4 Å². The maximum Gasteiger partial charge on any atom is 0.416 e. The highest BCUT2D eigenvalue weighted by atomic mass is 19.4. The van der Waals surface area contributed by atoms with Gasteiger partial charge in [0.15, 0.2) is 0 Å². The Kier molecular flexibility index (Phi) is 7.32. The highest BCUT2D eigenvalue weighted by Gasteiger charge is 2.42. The van der Waals surface area contributed by atoms with Crippen molar-refractivity contribution < 1.29 is 35.5 Å². The van der Waals surface area contributed by atoms with E-state index in [0.717, 1.165) is 38.1 Å². The van der Waals surface area contributed by atoms with Crippen LogP contribution in [0, 0.1) is 23.6 Å². The lowest BCUT2D eigenvalue weighted by Gasteiger charge is -2.26. The Hall–Kier alpha value is -3.06. The average Bonchev–Trinajstić information content (AvgIpc) is 2.94. The number of hydrogen-bond acceptors (Lipinski definition) is 2.